The lowest BCUT2D eigenvalue weighted by atomic mass is 9.57. The summed E-state index contributed by atoms with van der Waals surface area (Å²) >= 11 is 6.62. The fourth-order valence-electron chi connectivity index (χ4n) is 7.98. The van der Waals surface area contributed by atoms with Crippen LogP contribution in [0.2, 0.25) is 5.02 Å². The first-order valence-corrected chi connectivity index (χ1v) is 13.7. The van der Waals surface area contributed by atoms with Crippen molar-refractivity contribution in [2.45, 2.75) is 36.8 Å². The molecule has 3 aromatic rings. The lowest BCUT2D eigenvalue weighted by Gasteiger charge is -2.43. The largest absolute Gasteiger partial charge is 0.497 e. The van der Waals surface area contributed by atoms with Crippen LogP contribution in [0.5, 0.6) is 11.5 Å². The second kappa shape index (κ2) is 8.56. The smallest absolute Gasteiger partial charge is 0.251 e. The number of carbonyl (C=O) groups is 3. The van der Waals surface area contributed by atoms with Crippen LogP contribution in [0, 0.1) is 12.8 Å². The van der Waals surface area contributed by atoms with Crippen LogP contribution in [-0.2, 0) is 20.5 Å². The van der Waals surface area contributed by atoms with Crippen LogP contribution in [0.1, 0.15) is 39.9 Å². The normalized spacial score (nSPS) is 27.9. The first-order valence-electron chi connectivity index (χ1n) is 13.4. The molecule has 4 heterocycles. The summed E-state index contributed by atoms with van der Waals surface area (Å²) in [6.07, 6.45) is 1.45. The summed E-state index contributed by atoms with van der Waals surface area (Å²) in [5, 5.41) is 6.63. The first kappa shape index (κ1) is 25.1. The van der Waals surface area contributed by atoms with Gasteiger partial charge in [-0.1, -0.05) is 29.8 Å². The number of ketones is 1. The number of rotatable bonds is 4. The Morgan fingerprint density at radius 3 is 2.58 bits per heavy atom. The third kappa shape index (κ3) is 2.82. The van der Waals surface area contributed by atoms with Gasteiger partial charge in [0, 0.05) is 34.1 Å². The lowest BCUT2D eigenvalue weighted by Crippen LogP contribution is -2.62. The van der Waals surface area contributed by atoms with Gasteiger partial charge in [-0.2, -0.15) is 0 Å². The molecule has 2 spiro atoms. The standard InChI is InChI=1S/C31H28ClN3O5/c1-16-13-17(32)14-21-26(16)34-29(38)31(21)30(20-7-4-5-8-22(20)33-28(30)37)25(23-9-6-12-35(23)31)27(36)19-11-10-18(39-2)15-24(19)40-3/h4-5,7-8,10-11,13-15,23,25H,6,9,12H2,1-3H3,(H,33,37)(H,34,38)/t23-,25-,30+,31-/m0/s1. The number of nitrogens with zero attached hydrogens (tertiary/aromatic N) is 1. The van der Waals surface area contributed by atoms with Gasteiger partial charge < -0.3 is 20.1 Å². The van der Waals surface area contributed by atoms with Crippen molar-refractivity contribution < 1.29 is 23.9 Å². The molecule has 4 aliphatic heterocycles. The van der Waals surface area contributed by atoms with E-state index in [9.17, 15) is 14.4 Å². The van der Waals surface area contributed by atoms with Crippen molar-refractivity contribution in [2.24, 2.45) is 5.92 Å². The molecule has 9 heteroatoms. The van der Waals surface area contributed by atoms with E-state index < -0.39 is 16.9 Å². The number of aryl methyl sites for hydroxylation is 1. The maximum atomic E-state index is 14.9. The number of benzene rings is 3. The van der Waals surface area contributed by atoms with Gasteiger partial charge in [-0.25, -0.2) is 0 Å². The van der Waals surface area contributed by atoms with Crippen LogP contribution in [0.4, 0.5) is 11.4 Å². The molecule has 2 saturated heterocycles. The van der Waals surface area contributed by atoms with Gasteiger partial charge >= 0.3 is 0 Å². The minimum atomic E-state index is -1.55. The predicted octanol–water partition coefficient (Wildman–Crippen LogP) is 4.68. The van der Waals surface area contributed by atoms with E-state index >= 15 is 0 Å². The number of hydrogen-bond donors (Lipinski definition) is 2. The van der Waals surface area contributed by atoms with E-state index in [1.54, 1.807) is 37.4 Å². The molecular formula is C31H28ClN3O5. The zero-order chi connectivity index (χ0) is 28.0. The van der Waals surface area contributed by atoms with Gasteiger partial charge in [-0.05, 0) is 67.8 Å². The summed E-state index contributed by atoms with van der Waals surface area (Å²) in [6.45, 7) is 2.45. The van der Waals surface area contributed by atoms with Gasteiger partial charge in [0.1, 0.15) is 22.5 Å². The third-order valence-electron chi connectivity index (χ3n) is 9.32. The molecule has 0 aliphatic carbocycles. The molecule has 40 heavy (non-hydrogen) atoms. The highest BCUT2D eigenvalue weighted by Gasteiger charge is 2.81. The van der Waals surface area contributed by atoms with Crippen molar-refractivity contribution in [1.29, 1.82) is 0 Å². The predicted molar refractivity (Wildman–Crippen MR) is 150 cm³/mol. The van der Waals surface area contributed by atoms with Crippen LogP contribution in [0.25, 0.3) is 0 Å². The summed E-state index contributed by atoms with van der Waals surface area (Å²) in [4.78, 5) is 46.2. The number of methoxy groups -OCH3 is 2. The SMILES string of the molecule is COc1ccc(C(=O)[C@@H]2[C@@H]3CCCN3[C@@]3(C(=O)Nc4c(C)cc(Cl)cc43)[C@@]23C(=O)Nc2ccccc23)c(OC)c1. The number of fused-ring (bicyclic) bond motifs is 7. The highest BCUT2D eigenvalue weighted by atomic mass is 35.5. The topological polar surface area (TPSA) is 97.0 Å². The number of para-hydroxylation sites is 1. The highest BCUT2D eigenvalue weighted by Crippen LogP contribution is 2.68. The summed E-state index contributed by atoms with van der Waals surface area (Å²) in [6, 6.07) is 15.7. The third-order valence-corrected chi connectivity index (χ3v) is 9.54. The fourth-order valence-corrected chi connectivity index (χ4v) is 8.25. The Morgan fingerprint density at radius 2 is 1.80 bits per heavy atom. The summed E-state index contributed by atoms with van der Waals surface area (Å²) in [7, 11) is 3.05. The number of amides is 2. The Kier molecular flexibility index (Phi) is 5.37. The first-order chi connectivity index (χ1) is 19.3. The molecule has 204 valence electrons. The van der Waals surface area contributed by atoms with Crippen LogP contribution >= 0.6 is 11.6 Å². The van der Waals surface area contributed by atoms with Gasteiger partial charge in [0.2, 0.25) is 5.91 Å². The number of Topliss-reactive ketones (excluding diaryl/α,β-unsaturated/α-hetero) is 1. The Morgan fingerprint density at radius 1 is 1.00 bits per heavy atom. The van der Waals surface area contributed by atoms with Gasteiger partial charge in [0.15, 0.2) is 5.78 Å². The molecule has 7 rings (SSSR count). The number of hydrogen-bond acceptors (Lipinski definition) is 6. The minimum absolute atomic E-state index is 0.250. The molecule has 2 N–H and O–H groups in total. The lowest BCUT2D eigenvalue weighted by molar-refractivity contribution is -0.137. The minimum Gasteiger partial charge on any atom is -0.497 e. The van der Waals surface area contributed by atoms with E-state index in [4.69, 9.17) is 21.1 Å². The molecule has 4 atom stereocenters. The summed E-state index contributed by atoms with van der Waals surface area (Å²) < 4.78 is 11.0. The van der Waals surface area contributed by atoms with Crippen molar-refractivity contribution >= 4 is 40.6 Å². The van der Waals surface area contributed by atoms with Gasteiger partial charge in [0.25, 0.3) is 5.91 Å². The van der Waals surface area contributed by atoms with Gasteiger partial charge in [-0.15, -0.1) is 0 Å². The van der Waals surface area contributed by atoms with Gasteiger partial charge in [-0.3, -0.25) is 19.3 Å². The van der Waals surface area contributed by atoms with Crippen molar-refractivity contribution in [1.82, 2.24) is 4.90 Å². The zero-order valence-electron chi connectivity index (χ0n) is 22.3. The number of nitrogens with one attached hydrogen (secondary N) is 2. The Bertz CT molecular complexity index is 1640. The average Bonchev–Trinajstić information content (AvgIpc) is 3.67. The molecule has 8 nitrogen and oxygen atoms in total. The van der Waals surface area contributed by atoms with E-state index in [1.165, 1.54) is 7.11 Å². The van der Waals surface area contributed by atoms with E-state index in [0.29, 0.717) is 57.6 Å². The number of ether oxygens (including phenoxy) is 2. The van der Waals surface area contributed by atoms with Crippen LogP contribution in [-0.4, -0.2) is 49.3 Å². The van der Waals surface area contributed by atoms with Crippen molar-refractivity contribution in [3.8, 4) is 11.5 Å². The van der Waals surface area contributed by atoms with Crippen molar-refractivity contribution in [3.05, 3.63) is 81.9 Å². The second-order valence-electron chi connectivity index (χ2n) is 10.9. The number of halogens is 1. The molecular weight excluding hydrogens is 530 g/mol. The van der Waals surface area contributed by atoms with E-state index in [-0.39, 0.29) is 23.6 Å². The van der Waals surface area contributed by atoms with Crippen LogP contribution in [0.3, 0.4) is 0 Å². The van der Waals surface area contributed by atoms with E-state index in [0.717, 1.165) is 12.0 Å². The number of carbonyl (C=O) groups excluding carboxylic acids is 3. The maximum Gasteiger partial charge on any atom is 0.251 e. The second-order valence-corrected chi connectivity index (χ2v) is 11.4. The van der Waals surface area contributed by atoms with Crippen LogP contribution < -0.4 is 20.1 Å². The number of anilines is 2. The van der Waals surface area contributed by atoms with Gasteiger partial charge in [0.05, 0.1) is 25.7 Å². The molecule has 4 aliphatic rings. The average molecular weight is 558 g/mol. The molecule has 0 saturated carbocycles. The zero-order valence-corrected chi connectivity index (χ0v) is 23.1. The van der Waals surface area contributed by atoms with E-state index in [2.05, 4.69) is 15.5 Å². The quantitative estimate of drug-likeness (QED) is 0.452. The summed E-state index contributed by atoms with van der Waals surface area (Å²) in [5.41, 5.74) is 0.643. The van der Waals surface area contributed by atoms with Crippen molar-refractivity contribution in [2.75, 3.05) is 31.4 Å². The molecule has 2 amide bonds. The summed E-state index contributed by atoms with van der Waals surface area (Å²) in [5.74, 6) is -0.909. The van der Waals surface area contributed by atoms with Crippen LogP contribution in [0.15, 0.2) is 54.6 Å². The maximum absolute atomic E-state index is 14.9. The monoisotopic (exact) mass is 557 g/mol. The molecule has 0 unspecified atom stereocenters. The molecule has 0 radical (unpaired) electrons. The Hall–Kier alpha value is -3.88. The Labute approximate surface area is 236 Å². The Balaban J connectivity index is 1.58. The fraction of sp³-hybridized carbons (Fsp3) is 0.323. The highest BCUT2D eigenvalue weighted by molar-refractivity contribution is 6.31. The van der Waals surface area contributed by atoms with Crippen molar-refractivity contribution in [3.63, 3.8) is 0 Å². The molecule has 0 bridgehead atoms. The van der Waals surface area contributed by atoms with E-state index in [1.807, 2.05) is 31.2 Å². The molecule has 0 aromatic heterocycles. The molecule has 2 fully saturated rings. The molecule has 3 aromatic carbocycles.